The number of carbonyl (C=O) groups is 2. The van der Waals surface area contributed by atoms with E-state index >= 15 is 0 Å². The second-order valence-corrected chi connectivity index (χ2v) is 5.46. The van der Waals surface area contributed by atoms with E-state index in [9.17, 15) is 9.59 Å². The second-order valence-electron chi connectivity index (χ2n) is 4.41. The van der Waals surface area contributed by atoms with Crippen molar-refractivity contribution in [3.05, 3.63) is 24.0 Å². The standard InChI is InChI=1S/C13H16N2O3S/c16-12(15-6-2-1-3-7-15)9-19-10-4-5-14-11(8-10)13(17)18/h4-5,8H,1-3,6-7,9H2,(H,17,18). The smallest absolute Gasteiger partial charge is 0.354 e. The zero-order valence-corrected chi connectivity index (χ0v) is 11.4. The number of amides is 1. The van der Waals surface area contributed by atoms with E-state index in [0.29, 0.717) is 5.75 Å². The minimum atomic E-state index is -1.05. The van der Waals surface area contributed by atoms with Gasteiger partial charge in [0.05, 0.1) is 5.75 Å². The van der Waals surface area contributed by atoms with E-state index in [0.717, 1.165) is 30.8 Å². The number of aromatic nitrogens is 1. The zero-order valence-electron chi connectivity index (χ0n) is 10.5. The molecule has 2 heterocycles. The molecule has 0 radical (unpaired) electrons. The Bertz CT molecular complexity index is 473. The number of carboxylic acids is 1. The van der Waals surface area contributed by atoms with Crippen LogP contribution in [0.15, 0.2) is 23.2 Å². The fourth-order valence-electron chi connectivity index (χ4n) is 2.00. The Morgan fingerprint density at radius 1 is 1.32 bits per heavy atom. The Balaban J connectivity index is 1.89. The topological polar surface area (TPSA) is 70.5 Å². The van der Waals surface area contributed by atoms with Gasteiger partial charge in [-0.15, -0.1) is 11.8 Å². The van der Waals surface area contributed by atoms with Crippen molar-refractivity contribution >= 4 is 23.6 Å². The number of likely N-dealkylation sites (tertiary alicyclic amines) is 1. The molecule has 6 heteroatoms. The Kier molecular flexibility index (Phi) is 4.79. The molecule has 1 saturated heterocycles. The van der Waals surface area contributed by atoms with E-state index in [-0.39, 0.29) is 11.6 Å². The van der Waals surface area contributed by atoms with Crippen LogP contribution in [0.1, 0.15) is 29.8 Å². The number of pyridine rings is 1. The van der Waals surface area contributed by atoms with Crippen molar-refractivity contribution in [2.75, 3.05) is 18.8 Å². The maximum atomic E-state index is 12.0. The van der Waals surface area contributed by atoms with Crippen LogP contribution in [0.2, 0.25) is 0 Å². The van der Waals surface area contributed by atoms with Gasteiger partial charge in [0, 0.05) is 24.2 Å². The molecule has 0 unspecified atom stereocenters. The highest BCUT2D eigenvalue weighted by molar-refractivity contribution is 8.00. The van der Waals surface area contributed by atoms with Crippen LogP contribution >= 0.6 is 11.8 Å². The van der Waals surface area contributed by atoms with Crippen molar-refractivity contribution in [3.8, 4) is 0 Å². The van der Waals surface area contributed by atoms with Crippen LogP contribution in [0.3, 0.4) is 0 Å². The summed E-state index contributed by atoms with van der Waals surface area (Å²) in [5, 5.41) is 8.84. The largest absolute Gasteiger partial charge is 0.477 e. The summed E-state index contributed by atoms with van der Waals surface area (Å²) in [5.74, 6) is -0.577. The zero-order chi connectivity index (χ0) is 13.7. The van der Waals surface area contributed by atoms with E-state index in [1.165, 1.54) is 30.4 Å². The summed E-state index contributed by atoms with van der Waals surface area (Å²) < 4.78 is 0. The van der Waals surface area contributed by atoms with Crippen LogP contribution in [-0.2, 0) is 4.79 Å². The lowest BCUT2D eigenvalue weighted by atomic mass is 10.1. The third-order valence-corrected chi connectivity index (χ3v) is 4.00. The average molecular weight is 280 g/mol. The first kappa shape index (κ1) is 13.9. The molecule has 0 aliphatic carbocycles. The van der Waals surface area contributed by atoms with Gasteiger partial charge >= 0.3 is 5.97 Å². The minimum Gasteiger partial charge on any atom is -0.477 e. The molecule has 0 spiro atoms. The number of carbonyl (C=O) groups excluding carboxylic acids is 1. The first-order chi connectivity index (χ1) is 9.16. The van der Waals surface area contributed by atoms with Gasteiger partial charge in [-0.2, -0.15) is 0 Å². The Labute approximate surface area is 116 Å². The fraction of sp³-hybridized carbons (Fsp3) is 0.462. The SMILES string of the molecule is O=C(O)c1cc(SCC(=O)N2CCCCC2)ccn1. The molecule has 1 N–H and O–H groups in total. The first-order valence-electron chi connectivity index (χ1n) is 6.27. The van der Waals surface area contributed by atoms with Gasteiger partial charge in [-0.1, -0.05) is 0 Å². The number of rotatable bonds is 4. The molecule has 1 amide bonds. The molecule has 2 rings (SSSR count). The van der Waals surface area contributed by atoms with Crippen LogP contribution in [0.5, 0.6) is 0 Å². The van der Waals surface area contributed by atoms with Gasteiger partial charge in [0.2, 0.25) is 5.91 Å². The van der Waals surface area contributed by atoms with Gasteiger partial charge in [0.25, 0.3) is 0 Å². The Hall–Kier alpha value is -1.56. The van der Waals surface area contributed by atoms with Crippen molar-refractivity contribution in [2.24, 2.45) is 0 Å². The van der Waals surface area contributed by atoms with Crippen LogP contribution < -0.4 is 0 Å². The van der Waals surface area contributed by atoms with E-state index in [4.69, 9.17) is 5.11 Å². The highest BCUT2D eigenvalue weighted by Crippen LogP contribution is 2.19. The quantitative estimate of drug-likeness (QED) is 0.853. The Morgan fingerprint density at radius 2 is 2.05 bits per heavy atom. The van der Waals surface area contributed by atoms with E-state index in [1.807, 2.05) is 4.90 Å². The second kappa shape index (κ2) is 6.56. The predicted octanol–water partition coefficient (Wildman–Crippen LogP) is 1.88. The van der Waals surface area contributed by atoms with Crippen LogP contribution in [0, 0.1) is 0 Å². The van der Waals surface area contributed by atoms with Gasteiger partial charge in [-0.25, -0.2) is 9.78 Å². The number of thioether (sulfide) groups is 1. The highest BCUT2D eigenvalue weighted by atomic mass is 32.2. The molecular weight excluding hydrogens is 264 g/mol. The lowest BCUT2D eigenvalue weighted by Gasteiger charge is -2.26. The molecule has 1 aromatic heterocycles. The van der Waals surface area contributed by atoms with Crippen molar-refractivity contribution in [3.63, 3.8) is 0 Å². The average Bonchev–Trinajstić information content (AvgIpc) is 2.46. The van der Waals surface area contributed by atoms with Crippen molar-refractivity contribution in [1.82, 2.24) is 9.88 Å². The maximum absolute atomic E-state index is 12.0. The number of aromatic carboxylic acids is 1. The predicted molar refractivity (Wildman–Crippen MR) is 72.4 cm³/mol. The number of hydrogen-bond acceptors (Lipinski definition) is 4. The highest BCUT2D eigenvalue weighted by Gasteiger charge is 2.16. The van der Waals surface area contributed by atoms with Crippen LogP contribution in [-0.4, -0.2) is 45.7 Å². The van der Waals surface area contributed by atoms with Gasteiger partial charge in [-0.05, 0) is 31.4 Å². The summed E-state index contributed by atoms with van der Waals surface area (Å²) in [6, 6.07) is 3.22. The number of hydrogen-bond donors (Lipinski definition) is 1. The lowest BCUT2D eigenvalue weighted by Crippen LogP contribution is -2.36. The molecular formula is C13H16N2O3S. The molecule has 19 heavy (non-hydrogen) atoms. The molecule has 0 saturated carbocycles. The number of carboxylic acid groups (broad SMARTS) is 1. The van der Waals surface area contributed by atoms with Crippen LogP contribution in [0.25, 0.3) is 0 Å². The molecule has 102 valence electrons. The van der Waals surface area contributed by atoms with E-state index < -0.39 is 5.97 Å². The Morgan fingerprint density at radius 3 is 2.74 bits per heavy atom. The van der Waals surface area contributed by atoms with Gasteiger partial charge in [0.15, 0.2) is 0 Å². The molecule has 0 aromatic carbocycles. The monoisotopic (exact) mass is 280 g/mol. The molecule has 5 nitrogen and oxygen atoms in total. The fourth-order valence-corrected chi connectivity index (χ4v) is 2.82. The third-order valence-electron chi connectivity index (χ3n) is 3.02. The number of piperidine rings is 1. The minimum absolute atomic E-state index is 0.00965. The summed E-state index contributed by atoms with van der Waals surface area (Å²) in [6.45, 7) is 1.69. The van der Waals surface area contributed by atoms with Crippen molar-refractivity contribution < 1.29 is 14.7 Å². The van der Waals surface area contributed by atoms with Gasteiger partial charge in [0.1, 0.15) is 5.69 Å². The molecule has 1 aromatic rings. The van der Waals surface area contributed by atoms with Gasteiger partial charge in [-0.3, -0.25) is 4.79 Å². The molecule has 0 atom stereocenters. The third kappa shape index (κ3) is 3.96. The maximum Gasteiger partial charge on any atom is 0.354 e. The van der Waals surface area contributed by atoms with Crippen molar-refractivity contribution in [2.45, 2.75) is 24.2 Å². The van der Waals surface area contributed by atoms with Crippen molar-refractivity contribution in [1.29, 1.82) is 0 Å². The molecule has 0 bridgehead atoms. The normalized spacial score (nSPS) is 15.3. The summed E-state index contributed by atoms with van der Waals surface area (Å²) in [5.41, 5.74) is 0.00965. The summed E-state index contributed by atoms with van der Waals surface area (Å²) in [6.07, 6.45) is 4.81. The van der Waals surface area contributed by atoms with Crippen LogP contribution in [0.4, 0.5) is 0 Å². The summed E-state index contributed by atoms with van der Waals surface area (Å²) in [7, 11) is 0. The lowest BCUT2D eigenvalue weighted by molar-refractivity contribution is -0.129. The number of nitrogens with zero attached hydrogens (tertiary/aromatic N) is 2. The molecule has 1 fully saturated rings. The summed E-state index contributed by atoms with van der Waals surface area (Å²) in [4.78, 5) is 29.1. The molecule has 1 aliphatic rings. The van der Waals surface area contributed by atoms with Gasteiger partial charge < -0.3 is 10.0 Å². The summed E-state index contributed by atoms with van der Waals surface area (Å²) >= 11 is 1.36. The van der Waals surface area contributed by atoms with E-state index in [1.54, 1.807) is 6.07 Å². The molecule has 1 aliphatic heterocycles. The first-order valence-corrected chi connectivity index (χ1v) is 7.25. The van der Waals surface area contributed by atoms with E-state index in [2.05, 4.69) is 4.98 Å².